The minimum Gasteiger partial charge on any atom is -0.506 e. The zero-order valence-electron chi connectivity index (χ0n) is 21.8. The monoisotopic (exact) mass is 701 g/mol. The third-order valence-electron chi connectivity index (χ3n) is 7.19. The first-order chi connectivity index (χ1) is 19.1. The van der Waals surface area contributed by atoms with Gasteiger partial charge in [0.15, 0.2) is 0 Å². The third-order valence-corrected chi connectivity index (χ3v) is 7.19. The molecule has 6 heteroatoms. The van der Waals surface area contributed by atoms with E-state index in [4.69, 9.17) is 9.72 Å². The van der Waals surface area contributed by atoms with Crippen molar-refractivity contribution in [2.45, 2.75) is 13.8 Å². The second-order valence-corrected chi connectivity index (χ2v) is 9.71. The summed E-state index contributed by atoms with van der Waals surface area (Å²) in [6.07, 6.45) is 1.86. The van der Waals surface area contributed by atoms with Crippen molar-refractivity contribution in [3.05, 3.63) is 120 Å². The number of phenolic OH excluding ortho intramolecular Hbond substituents is 1. The van der Waals surface area contributed by atoms with Gasteiger partial charge in [-0.2, -0.15) is 6.07 Å². The van der Waals surface area contributed by atoms with Gasteiger partial charge in [-0.3, -0.25) is 0 Å². The summed E-state index contributed by atoms with van der Waals surface area (Å²) in [6, 6.07) is 35.3. The molecule has 7 rings (SSSR count). The van der Waals surface area contributed by atoms with E-state index in [-0.39, 0.29) is 26.8 Å². The molecule has 0 aliphatic carbocycles. The molecule has 0 amide bonds. The molecule has 5 nitrogen and oxygen atoms in total. The van der Waals surface area contributed by atoms with Crippen molar-refractivity contribution in [1.82, 2.24) is 14.5 Å². The van der Waals surface area contributed by atoms with E-state index in [1.54, 1.807) is 18.2 Å². The molecule has 0 unspecified atom stereocenters. The molecular weight excluding hydrogens is 677 g/mol. The van der Waals surface area contributed by atoms with Crippen LogP contribution in [0, 0.1) is 19.9 Å². The van der Waals surface area contributed by atoms with Crippen LogP contribution in [0.25, 0.3) is 49.7 Å². The van der Waals surface area contributed by atoms with Gasteiger partial charge in [-0.15, -0.1) is 17.5 Å². The number of hydrogen-bond donors (Lipinski definition) is 1. The number of aromatic nitrogens is 3. The molecule has 4 aromatic carbocycles. The van der Waals surface area contributed by atoms with E-state index in [0.717, 1.165) is 38.6 Å². The van der Waals surface area contributed by atoms with E-state index < -0.39 is 0 Å². The molecule has 0 bridgehead atoms. The van der Waals surface area contributed by atoms with Gasteiger partial charge in [0, 0.05) is 50.0 Å². The predicted molar refractivity (Wildman–Crippen MR) is 156 cm³/mol. The number of ether oxygens (including phenoxy) is 1. The zero-order chi connectivity index (χ0) is 26.5. The third kappa shape index (κ3) is 4.33. The predicted octanol–water partition coefficient (Wildman–Crippen LogP) is 8.31. The Morgan fingerprint density at radius 1 is 0.800 bits per heavy atom. The van der Waals surface area contributed by atoms with Crippen LogP contribution in [-0.4, -0.2) is 19.6 Å². The van der Waals surface area contributed by atoms with E-state index in [1.807, 2.05) is 42.6 Å². The fraction of sp³-hybridized carbons (Fsp3) is 0.0588. The average molecular weight is 702 g/mol. The Hall–Kier alpha value is -4.47. The SMILES string of the molecule is Cc1cccc(C)c1-c1ccnc(-n2c3[c-]c(Oc4ccc5cccc(O)c5n4)ccc3c3ccccc32)c1.[Pt]. The van der Waals surface area contributed by atoms with Crippen molar-refractivity contribution in [2.24, 2.45) is 0 Å². The molecule has 40 heavy (non-hydrogen) atoms. The summed E-state index contributed by atoms with van der Waals surface area (Å²) in [6.45, 7) is 4.28. The number of nitrogens with zero attached hydrogens (tertiary/aromatic N) is 3. The summed E-state index contributed by atoms with van der Waals surface area (Å²) in [5.41, 5.74) is 7.20. The number of hydrogen-bond acceptors (Lipinski definition) is 4. The van der Waals surface area contributed by atoms with Crippen molar-refractivity contribution in [1.29, 1.82) is 0 Å². The minimum atomic E-state index is 0. The van der Waals surface area contributed by atoms with Crippen molar-refractivity contribution in [3.8, 4) is 34.3 Å². The Balaban J connectivity index is 0.00000289. The molecular formula is C34H24N3O2Pt-. The van der Waals surface area contributed by atoms with Gasteiger partial charge in [-0.05, 0) is 71.8 Å². The Morgan fingerprint density at radius 2 is 1.60 bits per heavy atom. The molecule has 3 heterocycles. The van der Waals surface area contributed by atoms with E-state index in [9.17, 15) is 5.11 Å². The van der Waals surface area contributed by atoms with E-state index >= 15 is 0 Å². The first-order valence-electron chi connectivity index (χ1n) is 12.8. The van der Waals surface area contributed by atoms with Crippen LogP contribution in [0.5, 0.6) is 17.4 Å². The van der Waals surface area contributed by atoms with E-state index in [2.05, 4.69) is 71.9 Å². The number of aryl methyl sites for hydroxylation is 2. The van der Waals surface area contributed by atoms with Crippen LogP contribution in [0.1, 0.15) is 11.1 Å². The molecule has 3 aromatic heterocycles. The van der Waals surface area contributed by atoms with Gasteiger partial charge in [0.2, 0.25) is 5.88 Å². The Morgan fingerprint density at radius 3 is 2.45 bits per heavy atom. The molecule has 0 atom stereocenters. The maximum atomic E-state index is 10.2. The van der Waals surface area contributed by atoms with Crippen molar-refractivity contribution in [2.75, 3.05) is 0 Å². The minimum absolute atomic E-state index is 0. The van der Waals surface area contributed by atoms with Gasteiger partial charge in [-0.1, -0.05) is 54.0 Å². The smallest absolute Gasteiger partial charge is 0.217 e. The van der Waals surface area contributed by atoms with Crippen LogP contribution < -0.4 is 4.74 Å². The fourth-order valence-corrected chi connectivity index (χ4v) is 5.42. The van der Waals surface area contributed by atoms with Crippen molar-refractivity contribution in [3.63, 3.8) is 0 Å². The molecule has 7 aromatic rings. The second kappa shape index (κ2) is 10.3. The molecule has 0 fully saturated rings. The number of pyridine rings is 2. The maximum absolute atomic E-state index is 10.2. The quantitative estimate of drug-likeness (QED) is 0.188. The van der Waals surface area contributed by atoms with Crippen molar-refractivity contribution < 1.29 is 30.9 Å². The molecule has 0 radical (unpaired) electrons. The van der Waals surface area contributed by atoms with Gasteiger partial charge in [0.05, 0.1) is 0 Å². The summed E-state index contributed by atoms with van der Waals surface area (Å²) < 4.78 is 8.28. The summed E-state index contributed by atoms with van der Waals surface area (Å²) in [5, 5.41) is 13.3. The number of fused-ring (bicyclic) bond motifs is 4. The van der Waals surface area contributed by atoms with Crippen LogP contribution >= 0.6 is 0 Å². The van der Waals surface area contributed by atoms with Crippen LogP contribution in [0.4, 0.5) is 0 Å². The molecule has 0 aliphatic rings. The van der Waals surface area contributed by atoms with E-state index in [0.29, 0.717) is 17.1 Å². The average Bonchev–Trinajstić information content (AvgIpc) is 3.27. The maximum Gasteiger partial charge on any atom is 0.217 e. The first kappa shape index (κ1) is 25.8. The molecule has 198 valence electrons. The Bertz CT molecular complexity index is 2030. The summed E-state index contributed by atoms with van der Waals surface area (Å²) in [7, 11) is 0. The molecule has 0 saturated heterocycles. The van der Waals surface area contributed by atoms with Crippen LogP contribution in [-0.2, 0) is 21.1 Å². The summed E-state index contributed by atoms with van der Waals surface area (Å²) >= 11 is 0. The molecule has 0 saturated carbocycles. The van der Waals surface area contributed by atoms with Crippen LogP contribution in [0.15, 0.2) is 103 Å². The standard InChI is InChI=1S/C34H24N3O2.Pt/c1-21-7-5-8-22(2)33(21)24-17-18-35-31(19-24)37-28-11-4-3-10-26(28)27-15-14-25(20-29(27)37)39-32-16-13-23-9-6-12-30(38)34(23)36-32;/h3-19,38H,1-2H3;/q-1;. The van der Waals surface area contributed by atoms with Gasteiger partial charge in [0.25, 0.3) is 0 Å². The van der Waals surface area contributed by atoms with Gasteiger partial charge >= 0.3 is 0 Å². The second-order valence-electron chi connectivity index (χ2n) is 9.71. The summed E-state index contributed by atoms with van der Waals surface area (Å²) in [5.74, 6) is 1.84. The van der Waals surface area contributed by atoms with Crippen molar-refractivity contribution >= 4 is 32.7 Å². The Kier molecular flexibility index (Phi) is 6.61. The van der Waals surface area contributed by atoms with Crippen LogP contribution in [0.2, 0.25) is 0 Å². The number of para-hydroxylation sites is 2. The van der Waals surface area contributed by atoms with Gasteiger partial charge in [0.1, 0.15) is 17.1 Å². The number of aromatic hydroxyl groups is 1. The number of benzene rings is 4. The number of rotatable bonds is 4. The fourth-order valence-electron chi connectivity index (χ4n) is 5.42. The molecule has 0 spiro atoms. The molecule has 1 N–H and O–H groups in total. The first-order valence-corrected chi connectivity index (χ1v) is 12.8. The molecule has 0 aliphatic heterocycles. The Labute approximate surface area is 246 Å². The largest absolute Gasteiger partial charge is 0.506 e. The van der Waals surface area contributed by atoms with Crippen LogP contribution in [0.3, 0.4) is 0 Å². The van der Waals surface area contributed by atoms with Gasteiger partial charge < -0.3 is 14.4 Å². The normalized spacial score (nSPS) is 11.2. The zero-order valence-corrected chi connectivity index (χ0v) is 24.1. The van der Waals surface area contributed by atoms with Gasteiger partial charge in [-0.25, -0.2) is 9.97 Å². The summed E-state index contributed by atoms with van der Waals surface area (Å²) in [4.78, 5) is 9.31. The topological polar surface area (TPSA) is 60.2 Å². The van der Waals surface area contributed by atoms with E-state index in [1.165, 1.54) is 16.7 Å². The number of phenols is 1.